The van der Waals surface area contributed by atoms with Crippen LogP contribution in [-0.4, -0.2) is 44.1 Å². The second kappa shape index (κ2) is 7.56. The van der Waals surface area contributed by atoms with E-state index in [4.69, 9.17) is 0 Å². The Labute approximate surface area is 209 Å². The van der Waals surface area contributed by atoms with Crippen molar-refractivity contribution in [2.75, 3.05) is 0 Å². The van der Waals surface area contributed by atoms with E-state index in [0.29, 0.717) is 25.2 Å². The number of hydrogen-bond donors (Lipinski definition) is 4. The molecule has 0 amide bonds. The van der Waals surface area contributed by atoms with Crippen LogP contribution in [0.15, 0.2) is 11.6 Å². The van der Waals surface area contributed by atoms with Crippen molar-refractivity contribution in [1.29, 1.82) is 0 Å². The summed E-state index contributed by atoms with van der Waals surface area (Å²) >= 11 is 0. The SMILES string of the molecule is C[C@@H]1CC[C@]2(C(=O)O)CC[C@]3(C)C(=CC[C@@H]4C5CC[C@@H](O)[C@](C)(C(=O)O)[C@@H]5CC[C@]43C)C2[C@]1(C)O. The number of fused-ring (bicyclic) bond motifs is 7. The van der Waals surface area contributed by atoms with Gasteiger partial charge in [0.2, 0.25) is 0 Å². The van der Waals surface area contributed by atoms with Crippen LogP contribution in [0.5, 0.6) is 0 Å². The van der Waals surface area contributed by atoms with Crippen molar-refractivity contribution in [2.45, 2.75) is 104 Å². The molecule has 5 aliphatic rings. The maximum absolute atomic E-state index is 12.8. The largest absolute Gasteiger partial charge is 0.481 e. The van der Waals surface area contributed by atoms with Crippen molar-refractivity contribution in [3.05, 3.63) is 11.6 Å². The molecule has 0 spiro atoms. The Morgan fingerprint density at radius 3 is 2.20 bits per heavy atom. The average Bonchev–Trinajstić information content (AvgIpc) is 2.78. The number of aliphatic carboxylic acids is 2. The smallest absolute Gasteiger partial charge is 0.312 e. The lowest BCUT2D eigenvalue weighted by Gasteiger charge is -2.69. The van der Waals surface area contributed by atoms with Gasteiger partial charge in [-0.15, -0.1) is 0 Å². The van der Waals surface area contributed by atoms with Gasteiger partial charge in [0.25, 0.3) is 0 Å². The summed E-state index contributed by atoms with van der Waals surface area (Å²) in [5.74, 6) is -1.57. The lowest BCUT2D eigenvalue weighted by molar-refractivity contribution is -0.204. The molecular formula is C29H44O6. The first-order valence-electron chi connectivity index (χ1n) is 13.8. The highest BCUT2D eigenvalue weighted by Gasteiger charge is 2.70. The van der Waals surface area contributed by atoms with Gasteiger partial charge in [-0.1, -0.05) is 32.4 Å². The van der Waals surface area contributed by atoms with Crippen LogP contribution in [0.25, 0.3) is 0 Å². The van der Waals surface area contributed by atoms with E-state index in [1.807, 2.05) is 6.92 Å². The topological polar surface area (TPSA) is 115 Å². The minimum absolute atomic E-state index is 0.0283. The number of hydrogen-bond acceptors (Lipinski definition) is 4. The predicted octanol–water partition coefficient (Wildman–Crippen LogP) is 4.88. The molecule has 6 nitrogen and oxygen atoms in total. The molecule has 6 heteroatoms. The molecule has 0 aromatic rings. The molecule has 0 heterocycles. The molecule has 4 N–H and O–H groups in total. The third-order valence-corrected chi connectivity index (χ3v) is 13.0. The maximum Gasteiger partial charge on any atom is 0.312 e. The van der Waals surface area contributed by atoms with Crippen molar-refractivity contribution in [3.63, 3.8) is 0 Å². The normalized spacial score (nSPS) is 55.5. The Hall–Kier alpha value is -1.40. The van der Waals surface area contributed by atoms with Crippen LogP contribution in [0, 0.1) is 51.2 Å². The molecular weight excluding hydrogens is 444 g/mol. The van der Waals surface area contributed by atoms with Crippen LogP contribution < -0.4 is 0 Å². The van der Waals surface area contributed by atoms with Gasteiger partial charge in [-0.3, -0.25) is 9.59 Å². The molecule has 196 valence electrons. The summed E-state index contributed by atoms with van der Waals surface area (Å²) in [6.07, 6.45) is 7.93. The fourth-order valence-electron chi connectivity index (χ4n) is 10.2. The molecule has 0 aliphatic heterocycles. The first-order valence-corrected chi connectivity index (χ1v) is 13.8. The third kappa shape index (κ3) is 2.90. The van der Waals surface area contributed by atoms with Gasteiger partial charge in [-0.25, -0.2) is 0 Å². The van der Waals surface area contributed by atoms with E-state index in [0.717, 1.165) is 44.1 Å². The van der Waals surface area contributed by atoms with Gasteiger partial charge >= 0.3 is 11.9 Å². The predicted molar refractivity (Wildman–Crippen MR) is 131 cm³/mol. The Kier molecular flexibility index (Phi) is 5.46. The van der Waals surface area contributed by atoms with Crippen molar-refractivity contribution >= 4 is 11.9 Å². The molecule has 0 aromatic heterocycles. The highest BCUT2D eigenvalue weighted by molar-refractivity contribution is 5.77. The second-order valence-corrected chi connectivity index (χ2v) is 13.8. The van der Waals surface area contributed by atoms with Gasteiger partial charge in [-0.05, 0) is 106 Å². The standard InChI is InChI=1S/C29H44O6/c1-16-10-13-29(24(33)34)15-14-26(3)20(22(29)28(16,5)35)8-7-18-17-6-9-21(30)27(4,23(31)32)19(17)11-12-25(18,26)2/h8,16-19,21-22,30,35H,6-7,9-15H2,1-5H3,(H,31,32)(H,33,34)/t16-,17?,18-,19-,21-,22?,25-,26-,27-,28-,29+/m1/s1. The quantitative estimate of drug-likeness (QED) is 0.412. The summed E-state index contributed by atoms with van der Waals surface area (Å²) in [5, 5.41) is 43.2. The zero-order valence-electron chi connectivity index (χ0n) is 22.0. The number of carboxylic acids is 2. The summed E-state index contributed by atoms with van der Waals surface area (Å²) in [6, 6.07) is 0. The highest BCUT2D eigenvalue weighted by Crippen LogP contribution is 2.73. The molecule has 0 aromatic carbocycles. The fourth-order valence-corrected chi connectivity index (χ4v) is 10.2. The number of rotatable bonds is 2. The Balaban J connectivity index is 1.60. The second-order valence-electron chi connectivity index (χ2n) is 13.8. The molecule has 0 saturated heterocycles. The lowest BCUT2D eigenvalue weighted by atomic mass is 9.35. The monoisotopic (exact) mass is 488 g/mol. The van der Waals surface area contributed by atoms with Gasteiger partial charge < -0.3 is 20.4 Å². The van der Waals surface area contributed by atoms with E-state index >= 15 is 0 Å². The van der Waals surface area contributed by atoms with Crippen LogP contribution in [0.2, 0.25) is 0 Å². The van der Waals surface area contributed by atoms with E-state index in [2.05, 4.69) is 26.8 Å². The number of carbonyl (C=O) groups is 2. The Bertz CT molecular complexity index is 970. The summed E-state index contributed by atoms with van der Waals surface area (Å²) in [5.41, 5.74) is -2.30. The Morgan fingerprint density at radius 2 is 1.57 bits per heavy atom. The number of aliphatic hydroxyl groups is 2. The van der Waals surface area contributed by atoms with Crippen molar-refractivity contribution < 1.29 is 30.0 Å². The van der Waals surface area contributed by atoms with Gasteiger partial charge in [0.05, 0.1) is 22.5 Å². The molecule has 5 rings (SSSR count). The van der Waals surface area contributed by atoms with E-state index in [1.165, 1.54) is 0 Å². The average molecular weight is 489 g/mol. The van der Waals surface area contributed by atoms with E-state index < -0.39 is 40.4 Å². The van der Waals surface area contributed by atoms with Crippen LogP contribution >= 0.6 is 0 Å². The lowest BCUT2D eigenvalue weighted by Crippen LogP contribution is -2.66. The third-order valence-electron chi connectivity index (χ3n) is 13.0. The molecule has 0 radical (unpaired) electrons. The molecule has 5 aliphatic carbocycles. The Morgan fingerprint density at radius 1 is 0.886 bits per heavy atom. The van der Waals surface area contributed by atoms with Crippen LogP contribution in [0.3, 0.4) is 0 Å². The molecule has 4 fully saturated rings. The molecule has 4 saturated carbocycles. The summed E-state index contributed by atoms with van der Waals surface area (Å²) in [4.78, 5) is 25.2. The summed E-state index contributed by atoms with van der Waals surface area (Å²) in [6.45, 7) is 10.3. The van der Waals surface area contributed by atoms with Crippen molar-refractivity contribution in [3.8, 4) is 0 Å². The van der Waals surface area contributed by atoms with E-state index in [9.17, 15) is 30.0 Å². The molecule has 35 heavy (non-hydrogen) atoms. The number of allylic oxidation sites excluding steroid dienone is 1. The fraction of sp³-hybridized carbons (Fsp3) is 0.862. The van der Waals surface area contributed by atoms with E-state index in [-0.39, 0.29) is 28.6 Å². The molecule has 11 atom stereocenters. The minimum atomic E-state index is -1.12. The van der Waals surface area contributed by atoms with Crippen LogP contribution in [-0.2, 0) is 9.59 Å². The first-order chi connectivity index (χ1) is 16.2. The zero-order valence-corrected chi connectivity index (χ0v) is 22.0. The zero-order chi connectivity index (χ0) is 25.8. The van der Waals surface area contributed by atoms with Gasteiger partial charge in [0.15, 0.2) is 0 Å². The minimum Gasteiger partial charge on any atom is -0.481 e. The van der Waals surface area contributed by atoms with Crippen molar-refractivity contribution in [2.24, 2.45) is 51.2 Å². The van der Waals surface area contributed by atoms with Crippen molar-refractivity contribution in [1.82, 2.24) is 0 Å². The summed E-state index contributed by atoms with van der Waals surface area (Å²) in [7, 11) is 0. The highest BCUT2D eigenvalue weighted by atomic mass is 16.4. The molecule has 0 bridgehead atoms. The van der Waals surface area contributed by atoms with Crippen LogP contribution in [0.1, 0.15) is 92.4 Å². The molecule has 2 unspecified atom stereocenters. The number of aliphatic hydroxyl groups excluding tert-OH is 1. The first kappa shape index (κ1) is 25.3. The van der Waals surface area contributed by atoms with E-state index in [1.54, 1.807) is 6.92 Å². The number of carboxylic acid groups (broad SMARTS) is 2. The van der Waals surface area contributed by atoms with Gasteiger partial charge in [0, 0.05) is 5.92 Å². The van der Waals surface area contributed by atoms with Crippen LogP contribution in [0.4, 0.5) is 0 Å². The maximum atomic E-state index is 12.8. The van der Waals surface area contributed by atoms with Gasteiger partial charge in [-0.2, -0.15) is 0 Å². The summed E-state index contributed by atoms with van der Waals surface area (Å²) < 4.78 is 0. The van der Waals surface area contributed by atoms with Gasteiger partial charge in [0.1, 0.15) is 0 Å².